The topological polar surface area (TPSA) is 78.4 Å². The van der Waals surface area contributed by atoms with Crippen LogP contribution in [0.25, 0.3) is 0 Å². The minimum absolute atomic E-state index is 0.115. The van der Waals surface area contributed by atoms with E-state index in [1.165, 1.54) is 6.07 Å². The molecular weight excluding hydrogens is 312 g/mol. The summed E-state index contributed by atoms with van der Waals surface area (Å²) in [4.78, 5) is 22.7. The second-order valence-electron chi connectivity index (χ2n) is 5.34. The van der Waals surface area contributed by atoms with Gasteiger partial charge in [-0.1, -0.05) is 13.8 Å². The molecular formula is C13H15BrN2O3. The Morgan fingerprint density at radius 3 is 2.58 bits per heavy atom. The number of carboxylic acid groups (broad SMARTS) is 1. The number of nitrogens with one attached hydrogen (secondary N) is 2. The van der Waals surface area contributed by atoms with Crippen molar-refractivity contribution in [2.45, 2.75) is 26.3 Å². The molecule has 0 heterocycles. The highest BCUT2D eigenvalue weighted by Gasteiger charge is 2.46. The Morgan fingerprint density at radius 2 is 2.05 bits per heavy atom. The minimum atomic E-state index is -1.04. The SMILES string of the molecule is CC1(C)CC1NC(=O)Nc1ccc(Br)c(C(=O)O)c1. The molecule has 3 N–H and O–H groups in total. The highest BCUT2D eigenvalue weighted by Crippen LogP contribution is 2.44. The molecule has 1 aliphatic carbocycles. The molecule has 0 radical (unpaired) electrons. The van der Waals surface area contributed by atoms with Gasteiger partial charge < -0.3 is 15.7 Å². The fourth-order valence-corrected chi connectivity index (χ4v) is 2.22. The van der Waals surface area contributed by atoms with Crippen molar-refractivity contribution < 1.29 is 14.7 Å². The number of benzene rings is 1. The van der Waals surface area contributed by atoms with E-state index in [0.717, 1.165) is 6.42 Å². The molecule has 0 bridgehead atoms. The molecule has 1 aromatic rings. The lowest BCUT2D eigenvalue weighted by Crippen LogP contribution is -2.32. The van der Waals surface area contributed by atoms with Crippen LogP contribution in [0.3, 0.4) is 0 Å². The smallest absolute Gasteiger partial charge is 0.336 e. The number of hydrogen-bond donors (Lipinski definition) is 3. The van der Waals surface area contributed by atoms with E-state index in [-0.39, 0.29) is 23.1 Å². The van der Waals surface area contributed by atoms with E-state index in [2.05, 4.69) is 40.4 Å². The number of urea groups is 1. The third-order valence-electron chi connectivity index (χ3n) is 3.27. The third kappa shape index (κ3) is 3.26. The molecule has 0 saturated heterocycles. The summed E-state index contributed by atoms with van der Waals surface area (Å²) in [5.74, 6) is -1.04. The van der Waals surface area contributed by atoms with Gasteiger partial charge in [-0.05, 0) is 46.0 Å². The molecule has 1 saturated carbocycles. The Hall–Kier alpha value is -1.56. The highest BCUT2D eigenvalue weighted by atomic mass is 79.9. The zero-order chi connectivity index (χ0) is 14.2. The largest absolute Gasteiger partial charge is 0.478 e. The molecule has 1 unspecified atom stereocenters. The number of carbonyl (C=O) groups is 2. The molecule has 2 rings (SSSR count). The van der Waals surface area contributed by atoms with Crippen LogP contribution in [0.2, 0.25) is 0 Å². The first-order chi connectivity index (χ1) is 8.79. The van der Waals surface area contributed by atoms with E-state index < -0.39 is 5.97 Å². The lowest BCUT2D eigenvalue weighted by atomic mass is 10.2. The Labute approximate surface area is 119 Å². The molecule has 102 valence electrons. The van der Waals surface area contributed by atoms with Crippen LogP contribution in [0.5, 0.6) is 0 Å². The van der Waals surface area contributed by atoms with Crippen molar-refractivity contribution in [1.82, 2.24) is 5.32 Å². The van der Waals surface area contributed by atoms with Crippen molar-refractivity contribution in [2.24, 2.45) is 5.41 Å². The Kier molecular flexibility index (Phi) is 3.54. The molecule has 6 heteroatoms. The van der Waals surface area contributed by atoms with Gasteiger partial charge in [0.05, 0.1) is 5.56 Å². The van der Waals surface area contributed by atoms with E-state index >= 15 is 0 Å². The van der Waals surface area contributed by atoms with Gasteiger partial charge in [0, 0.05) is 16.2 Å². The number of rotatable bonds is 3. The quantitative estimate of drug-likeness (QED) is 0.798. The third-order valence-corrected chi connectivity index (χ3v) is 3.96. The summed E-state index contributed by atoms with van der Waals surface area (Å²) in [5, 5.41) is 14.5. The van der Waals surface area contributed by atoms with Gasteiger partial charge in [-0.2, -0.15) is 0 Å². The first-order valence-corrected chi connectivity index (χ1v) is 6.69. The fourth-order valence-electron chi connectivity index (χ4n) is 1.81. The number of hydrogen-bond acceptors (Lipinski definition) is 2. The van der Waals surface area contributed by atoms with Crippen molar-refractivity contribution >= 4 is 33.6 Å². The monoisotopic (exact) mass is 326 g/mol. The predicted octanol–water partition coefficient (Wildman–Crippen LogP) is 3.07. The van der Waals surface area contributed by atoms with Crippen LogP contribution in [0.15, 0.2) is 22.7 Å². The average molecular weight is 327 g/mol. The number of anilines is 1. The number of carbonyl (C=O) groups excluding carboxylic acids is 1. The van der Waals surface area contributed by atoms with Crippen LogP contribution in [-0.4, -0.2) is 23.1 Å². The Morgan fingerprint density at radius 1 is 1.42 bits per heavy atom. The lowest BCUT2D eigenvalue weighted by molar-refractivity contribution is 0.0696. The second kappa shape index (κ2) is 4.85. The number of aromatic carboxylic acids is 1. The summed E-state index contributed by atoms with van der Waals surface area (Å²) in [7, 11) is 0. The van der Waals surface area contributed by atoms with Gasteiger partial charge in [0.25, 0.3) is 0 Å². The molecule has 0 aromatic heterocycles. The summed E-state index contributed by atoms with van der Waals surface area (Å²) in [6.45, 7) is 4.17. The maximum absolute atomic E-state index is 11.7. The average Bonchev–Trinajstić information content (AvgIpc) is 2.88. The van der Waals surface area contributed by atoms with Crippen LogP contribution in [0, 0.1) is 5.41 Å². The van der Waals surface area contributed by atoms with E-state index in [1.54, 1.807) is 12.1 Å². The molecule has 1 atom stereocenters. The number of carboxylic acids is 1. The predicted molar refractivity (Wildman–Crippen MR) is 75.4 cm³/mol. The van der Waals surface area contributed by atoms with E-state index in [4.69, 9.17) is 5.11 Å². The van der Waals surface area contributed by atoms with E-state index in [1.807, 2.05) is 0 Å². The van der Waals surface area contributed by atoms with Gasteiger partial charge in [-0.15, -0.1) is 0 Å². The number of amides is 2. The van der Waals surface area contributed by atoms with E-state index in [0.29, 0.717) is 10.2 Å². The lowest BCUT2D eigenvalue weighted by Gasteiger charge is -2.10. The molecule has 5 nitrogen and oxygen atoms in total. The molecule has 2 amide bonds. The maximum atomic E-state index is 11.7. The normalized spacial score (nSPS) is 19.6. The van der Waals surface area contributed by atoms with Gasteiger partial charge in [0.2, 0.25) is 0 Å². The van der Waals surface area contributed by atoms with Crippen LogP contribution >= 0.6 is 15.9 Å². The summed E-state index contributed by atoms with van der Waals surface area (Å²) < 4.78 is 0.481. The molecule has 0 aliphatic heterocycles. The van der Waals surface area contributed by atoms with Crippen LogP contribution in [0.1, 0.15) is 30.6 Å². The van der Waals surface area contributed by atoms with Crippen LogP contribution < -0.4 is 10.6 Å². The Bertz CT molecular complexity index is 543. The Balaban J connectivity index is 2.01. The zero-order valence-corrected chi connectivity index (χ0v) is 12.2. The second-order valence-corrected chi connectivity index (χ2v) is 6.20. The standard InChI is InChI=1S/C13H15BrN2O3/c1-13(2)6-10(13)16-12(19)15-7-3-4-9(14)8(5-7)11(17)18/h3-5,10H,6H2,1-2H3,(H,17,18)(H2,15,16,19). The fraction of sp³-hybridized carbons (Fsp3) is 0.385. The molecule has 1 aliphatic rings. The molecule has 1 fully saturated rings. The van der Waals surface area contributed by atoms with E-state index in [9.17, 15) is 9.59 Å². The highest BCUT2D eigenvalue weighted by molar-refractivity contribution is 9.10. The molecule has 0 spiro atoms. The summed E-state index contributed by atoms with van der Waals surface area (Å²) in [6, 6.07) is 4.54. The summed E-state index contributed by atoms with van der Waals surface area (Å²) in [6.07, 6.45) is 0.959. The number of halogens is 1. The van der Waals surface area contributed by atoms with Gasteiger partial charge >= 0.3 is 12.0 Å². The zero-order valence-electron chi connectivity index (χ0n) is 10.7. The van der Waals surface area contributed by atoms with Crippen molar-refractivity contribution in [2.75, 3.05) is 5.32 Å². The summed E-state index contributed by atoms with van der Waals surface area (Å²) in [5.41, 5.74) is 0.727. The molecule has 19 heavy (non-hydrogen) atoms. The summed E-state index contributed by atoms with van der Waals surface area (Å²) >= 11 is 3.15. The van der Waals surface area contributed by atoms with Crippen molar-refractivity contribution in [3.05, 3.63) is 28.2 Å². The first kappa shape index (κ1) is 13.9. The first-order valence-electron chi connectivity index (χ1n) is 5.90. The van der Waals surface area contributed by atoms with Gasteiger partial charge in [0.1, 0.15) is 0 Å². The van der Waals surface area contributed by atoms with Gasteiger partial charge in [0.15, 0.2) is 0 Å². The van der Waals surface area contributed by atoms with Gasteiger partial charge in [-0.25, -0.2) is 9.59 Å². The molecule has 1 aromatic carbocycles. The van der Waals surface area contributed by atoms with Crippen molar-refractivity contribution in [3.63, 3.8) is 0 Å². The van der Waals surface area contributed by atoms with Crippen LogP contribution in [0.4, 0.5) is 10.5 Å². The van der Waals surface area contributed by atoms with Crippen LogP contribution in [-0.2, 0) is 0 Å². The van der Waals surface area contributed by atoms with Crippen molar-refractivity contribution in [1.29, 1.82) is 0 Å². The van der Waals surface area contributed by atoms with Gasteiger partial charge in [-0.3, -0.25) is 0 Å². The van der Waals surface area contributed by atoms with Crippen molar-refractivity contribution in [3.8, 4) is 0 Å². The maximum Gasteiger partial charge on any atom is 0.336 e. The minimum Gasteiger partial charge on any atom is -0.478 e.